The van der Waals surface area contributed by atoms with Gasteiger partial charge in [-0.05, 0) is 49.9 Å². The van der Waals surface area contributed by atoms with Crippen LogP contribution in [0.5, 0.6) is 0 Å². The lowest BCUT2D eigenvalue weighted by Gasteiger charge is -2.34. The number of carbonyl (C=O) groups excluding carboxylic acids is 1. The third kappa shape index (κ3) is 3.87. The standard InChI is InChI=1S/C18H25FN2O3S/c1-20(16-4-2-3-5-16)18(22)14-10-12-21(13-11-14)25(23,24)17-8-6-15(19)7-9-17/h6-9,14,16H,2-5,10-13H2,1H3. The maximum atomic E-state index is 13.0. The zero-order valence-electron chi connectivity index (χ0n) is 14.5. The third-order valence-corrected chi connectivity index (χ3v) is 7.39. The van der Waals surface area contributed by atoms with Gasteiger partial charge in [0.2, 0.25) is 15.9 Å². The molecule has 1 saturated heterocycles. The van der Waals surface area contributed by atoms with Crippen LogP contribution in [0.2, 0.25) is 0 Å². The van der Waals surface area contributed by atoms with Crippen LogP contribution < -0.4 is 0 Å². The second-order valence-electron chi connectivity index (χ2n) is 7.02. The number of carbonyl (C=O) groups is 1. The Kier molecular flexibility index (Phi) is 5.43. The summed E-state index contributed by atoms with van der Waals surface area (Å²) in [6, 6.07) is 5.22. The summed E-state index contributed by atoms with van der Waals surface area (Å²) in [7, 11) is -1.75. The Morgan fingerprint density at radius 2 is 1.64 bits per heavy atom. The molecule has 3 rings (SSSR count). The second-order valence-corrected chi connectivity index (χ2v) is 8.96. The Bertz CT molecular complexity index is 706. The van der Waals surface area contributed by atoms with Crippen LogP contribution in [0, 0.1) is 11.7 Å². The zero-order valence-corrected chi connectivity index (χ0v) is 15.3. The van der Waals surface area contributed by atoms with Gasteiger partial charge in [-0.1, -0.05) is 12.8 Å². The van der Waals surface area contributed by atoms with E-state index >= 15 is 0 Å². The van der Waals surface area contributed by atoms with Crippen LogP contribution in [0.15, 0.2) is 29.2 Å². The van der Waals surface area contributed by atoms with Crippen molar-refractivity contribution < 1.29 is 17.6 Å². The van der Waals surface area contributed by atoms with Gasteiger partial charge in [-0.3, -0.25) is 4.79 Å². The molecule has 1 amide bonds. The van der Waals surface area contributed by atoms with Gasteiger partial charge >= 0.3 is 0 Å². The molecule has 1 aliphatic carbocycles. The first-order valence-corrected chi connectivity index (χ1v) is 10.4. The van der Waals surface area contributed by atoms with Crippen molar-refractivity contribution in [2.24, 2.45) is 5.92 Å². The Hall–Kier alpha value is -1.47. The first-order valence-electron chi connectivity index (χ1n) is 8.92. The van der Waals surface area contributed by atoms with E-state index in [1.165, 1.54) is 29.3 Å². The molecule has 138 valence electrons. The predicted octanol–water partition coefficient (Wildman–Crippen LogP) is 2.63. The van der Waals surface area contributed by atoms with Crippen molar-refractivity contribution in [3.63, 3.8) is 0 Å². The Labute approximate surface area is 148 Å². The van der Waals surface area contributed by atoms with Crippen LogP contribution in [0.4, 0.5) is 4.39 Å². The summed E-state index contributed by atoms with van der Waals surface area (Å²) in [6.07, 6.45) is 5.57. The van der Waals surface area contributed by atoms with E-state index in [0.29, 0.717) is 32.0 Å². The number of sulfonamides is 1. The van der Waals surface area contributed by atoms with Gasteiger partial charge in [0.25, 0.3) is 0 Å². The largest absolute Gasteiger partial charge is 0.343 e. The summed E-state index contributed by atoms with van der Waals surface area (Å²) in [5.74, 6) is -0.422. The Morgan fingerprint density at radius 3 is 2.20 bits per heavy atom. The summed E-state index contributed by atoms with van der Waals surface area (Å²) < 4.78 is 39.7. The fourth-order valence-electron chi connectivity index (χ4n) is 3.86. The molecule has 1 aromatic carbocycles. The molecule has 0 spiro atoms. The van der Waals surface area contributed by atoms with E-state index in [-0.39, 0.29) is 16.7 Å². The Morgan fingerprint density at radius 1 is 1.08 bits per heavy atom. The summed E-state index contributed by atoms with van der Waals surface area (Å²) in [4.78, 5) is 14.6. The van der Waals surface area contributed by atoms with Crippen LogP contribution in [0.1, 0.15) is 38.5 Å². The van der Waals surface area contributed by atoms with Gasteiger partial charge in [0, 0.05) is 32.1 Å². The van der Waals surface area contributed by atoms with E-state index in [0.717, 1.165) is 25.0 Å². The van der Waals surface area contributed by atoms with Crippen molar-refractivity contribution in [1.29, 1.82) is 0 Å². The lowest BCUT2D eigenvalue weighted by atomic mass is 9.96. The Balaban J connectivity index is 1.61. The van der Waals surface area contributed by atoms with Crippen molar-refractivity contribution in [3.8, 4) is 0 Å². The van der Waals surface area contributed by atoms with E-state index in [9.17, 15) is 17.6 Å². The highest BCUT2D eigenvalue weighted by Crippen LogP contribution is 2.28. The highest BCUT2D eigenvalue weighted by Gasteiger charge is 2.35. The minimum Gasteiger partial charge on any atom is -0.343 e. The minimum atomic E-state index is -3.62. The number of benzene rings is 1. The number of piperidine rings is 1. The molecular weight excluding hydrogens is 343 g/mol. The van der Waals surface area contributed by atoms with E-state index in [4.69, 9.17) is 0 Å². The summed E-state index contributed by atoms with van der Waals surface area (Å²) in [5.41, 5.74) is 0. The monoisotopic (exact) mass is 368 g/mol. The van der Waals surface area contributed by atoms with Crippen molar-refractivity contribution in [3.05, 3.63) is 30.1 Å². The minimum absolute atomic E-state index is 0.0988. The normalized spacial score (nSPS) is 20.7. The van der Waals surface area contributed by atoms with Gasteiger partial charge in [0.15, 0.2) is 0 Å². The SMILES string of the molecule is CN(C(=O)C1CCN(S(=O)(=O)c2ccc(F)cc2)CC1)C1CCCC1. The molecule has 0 bridgehead atoms. The number of amides is 1. The van der Waals surface area contributed by atoms with Gasteiger partial charge < -0.3 is 4.90 Å². The van der Waals surface area contributed by atoms with Gasteiger partial charge in [0.1, 0.15) is 5.82 Å². The molecule has 2 fully saturated rings. The average Bonchev–Trinajstić information content (AvgIpc) is 3.15. The number of halogens is 1. The molecule has 5 nitrogen and oxygen atoms in total. The van der Waals surface area contributed by atoms with Crippen LogP contribution >= 0.6 is 0 Å². The van der Waals surface area contributed by atoms with E-state index in [1.54, 1.807) is 0 Å². The predicted molar refractivity (Wildman–Crippen MR) is 92.9 cm³/mol. The zero-order chi connectivity index (χ0) is 18.0. The first-order chi connectivity index (χ1) is 11.9. The molecule has 0 atom stereocenters. The van der Waals surface area contributed by atoms with Crippen molar-refractivity contribution in [2.45, 2.75) is 49.5 Å². The number of rotatable bonds is 4. The average molecular weight is 368 g/mol. The summed E-state index contributed by atoms with van der Waals surface area (Å²) in [5, 5.41) is 0. The fraction of sp³-hybridized carbons (Fsp3) is 0.611. The summed E-state index contributed by atoms with van der Waals surface area (Å²) in [6.45, 7) is 0.656. The molecule has 0 N–H and O–H groups in total. The number of nitrogens with zero attached hydrogens (tertiary/aromatic N) is 2. The fourth-order valence-corrected chi connectivity index (χ4v) is 5.33. The van der Waals surface area contributed by atoms with Crippen LogP contribution in [-0.2, 0) is 14.8 Å². The molecule has 2 aliphatic rings. The van der Waals surface area contributed by atoms with Gasteiger partial charge in [0.05, 0.1) is 4.90 Å². The van der Waals surface area contributed by atoms with Crippen LogP contribution in [-0.4, -0.2) is 49.7 Å². The van der Waals surface area contributed by atoms with Crippen molar-refractivity contribution >= 4 is 15.9 Å². The molecular formula is C18H25FN2O3S. The molecule has 0 radical (unpaired) electrons. The highest BCUT2D eigenvalue weighted by atomic mass is 32.2. The molecule has 1 aliphatic heterocycles. The van der Waals surface area contributed by atoms with Crippen molar-refractivity contribution in [1.82, 2.24) is 9.21 Å². The maximum Gasteiger partial charge on any atom is 0.243 e. The molecule has 0 unspecified atom stereocenters. The van der Waals surface area contributed by atoms with Gasteiger partial charge in [-0.25, -0.2) is 12.8 Å². The maximum absolute atomic E-state index is 13.0. The quantitative estimate of drug-likeness (QED) is 0.821. The molecule has 1 saturated carbocycles. The first kappa shape index (κ1) is 18.3. The molecule has 0 aromatic heterocycles. The van der Waals surface area contributed by atoms with Gasteiger partial charge in [-0.15, -0.1) is 0 Å². The lowest BCUT2D eigenvalue weighted by molar-refractivity contribution is -0.137. The summed E-state index contributed by atoms with van der Waals surface area (Å²) >= 11 is 0. The molecule has 7 heteroatoms. The molecule has 25 heavy (non-hydrogen) atoms. The lowest BCUT2D eigenvalue weighted by Crippen LogP contribution is -2.45. The van der Waals surface area contributed by atoms with Crippen LogP contribution in [0.3, 0.4) is 0 Å². The number of hydrogen-bond acceptors (Lipinski definition) is 3. The van der Waals surface area contributed by atoms with Crippen molar-refractivity contribution in [2.75, 3.05) is 20.1 Å². The molecule has 1 aromatic rings. The smallest absolute Gasteiger partial charge is 0.243 e. The second kappa shape index (κ2) is 7.41. The topological polar surface area (TPSA) is 57.7 Å². The highest BCUT2D eigenvalue weighted by molar-refractivity contribution is 7.89. The van der Waals surface area contributed by atoms with Gasteiger partial charge in [-0.2, -0.15) is 4.31 Å². The van der Waals surface area contributed by atoms with E-state index in [1.807, 2.05) is 11.9 Å². The van der Waals surface area contributed by atoms with Crippen LogP contribution in [0.25, 0.3) is 0 Å². The van der Waals surface area contributed by atoms with E-state index in [2.05, 4.69) is 0 Å². The number of hydrogen-bond donors (Lipinski definition) is 0. The third-order valence-electron chi connectivity index (χ3n) is 5.47. The van der Waals surface area contributed by atoms with E-state index < -0.39 is 15.8 Å². The molecule has 1 heterocycles.